The van der Waals surface area contributed by atoms with Crippen molar-refractivity contribution in [2.75, 3.05) is 0 Å². The van der Waals surface area contributed by atoms with Crippen LogP contribution in [0.25, 0.3) is 10.9 Å². The predicted octanol–water partition coefficient (Wildman–Crippen LogP) is 4.83. The second-order valence-electron chi connectivity index (χ2n) is 5.28. The normalized spacial score (nSPS) is 11.6. The van der Waals surface area contributed by atoms with Crippen molar-refractivity contribution in [2.24, 2.45) is 0 Å². The number of carbonyl (C=O) groups excluding carboxylic acids is 1. The van der Waals surface area contributed by atoms with Gasteiger partial charge in [0.1, 0.15) is 5.52 Å². The highest BCUT2D eigenvalue weighted by Gasteiger charge is 2.17. The van der Waals surface area contributed by atoms with Crippen molar-refractivity contribution in [3.05, 3.63) is 70.3 Å². The van der Waals surface area contributed by atoms with Crippen molar-refractivity contribution in [2.45, 2.75) is 20.4 Å². The summed E-state index contributed by atoms with van der Waals surface area (Å²) in [7, 11) is 0. The molecule has 24 heavy (non-hydrogen) atoms. The van der Waals surface area contributed by atoms with Gasteiger partial charge in [0.2, 0.25) is 0 Å². The van der Waals surface area contributed by atoms with Gasteiger partial charge in [-0.1, -0.05) is 47.6 Å². The third kappa shape index (κ3) is 3.57. The summed E-state index contributed by atoms with van der Waals surface area (Å²) in [6, 6.07) is 14.6. The third-order valence-corrected chi connectivity index (χ3v) is 4.24. The van der Waals surface area contributed by atoms with Crippen LogP contribution in [0.2, 0.25) is 0 Å². The number of aromatic nitrogens is 1. The summed E-state index contributed by atoms with van der Waals surface area (Å²) >= 11 is 3.39. The standard InChI is InChI=1S/C18H15BrN2O2.CH4/c1-11(12-4-7-14(19)8-5-12)21-18(23)15-9-6-13-3-2-10-20-16(13)17(15)22;/h2-11,22H,1H3,(H,21,23);1H4/t11-;/m1./s1. The highest BCUT2D eigenvalue weighted by Crippen LogP contribution is 2.27. The van der Waals surface area contributed by atoms with E-state index in [0.29, 0.717) is 5.52 Å². The lowest BCUT2D eigenvalue weighted by Gasteiger charge is -2.15. The van der Waals surface area contributed by atoms with Gasteiger partial charge in [-0.25, -0.2) is 0 Å². The molecule has 0 unspecified atom stereocenters. The van der Waals surface area contributed by atoms with Gasteiger partial charge in [-0.15, -0.1) is 0 Å². The van der Waals surface area contributed by atoms with Crippen LogP contribution in [0, 0.1) is 0 Å². The maximum Gasteiger partial charge on any atom is 0.255 e. The van der Waals surface area contributed by atoms with E-state index in [1.54, 1.807) is 24.4 Å². The molecule has 0 saturated carbocycles. The number of fused-ring (bicyclic) bond motifs is 1. The molecule has 2 aromatic carbocycles. The molecule has 0 bridgehead atoms. The zero-order chi connectivity index (χ0) is 16.4. The molecule has 0 radical (unpaired) electrons. The van der Waals surface area contributed by atoms with Crippen LogP contribution in [0.15, 0.2) is 59.2 Å². The minimum atomic E-state index is -0.328. The number of carbonyl (C=O) groups is 1. The Balaban J connectivity index is 0.00000208. The topological polar surface area (TPSA) is 62.2 Å². The maximum absolute atomic E-state index is 12.5. The molecule has 0 aliphatic heterocycles. The van der Waals surface area contributed by atoms with Crippen LogP contribution in [0.3, 0.4) is 0 Å². The molecule has 2 N–H and O–H groups in total. The molecular weight excluding hydrogens is 368 g/mol. The van der Waals surface area contributed by atoms with E-state index in [0.717, 1.165) is 15.4 Å². The van der Waals surface area contributed by atoms with Crippen molar-refractivity contribution in [3.8, 4) is 5.75 Å². The zero-order valence-corrected chi connectivity index (χ0v) is 14.0. The molecule has 4 nitrogen and oxygen atoms in total. The number of rotatable bonds is 3. The number of hydrogen-bond acceptors (Lipinski definition) is 3. The van der Waals surface area contributed by atoms with Gasteiger partial charge in [0.15, 0.2) is 5.75 Å². The Morgan fingerprint density at radius 2 is 1.88 bits per heavy atom. The monoisotopic (exact) mass is 386 g/mol. The molecule has 0 fully saturated rings. The van der Waals surface area contributed by atoms with Gasteiger partial charge in [-0.2, -0.15) is 0 Å². The van der Waals surface area contributed by atoms with E-state index in [1.165, 1.54) is 0 Å². The van der Waals surface area contributed by atoms with E-state index in [1.807, 2.05) is 37.3 Å². The number of phenolic OH excluding ortho intramolecular Hbond substituents is 1. The van der Waals surface area contributed by atoms with E-state index >= 15 is 0 Å². The number of amides is 1. The molecule has 1 heterocycles. The predicted molar refractivity (Wildman–Crippen MR) is 100 cm³/mol. The molecule has 0 aliphatic rings. The summed E-state index contributed by atoms with van der Waals surface area (Å²) in [6.07, 6.45) is 1.59. The first kappa shape index (κ1) is 17.9. The molecule has 1 amide bonds. The molecule has 1 aromatic heterocycles. The van der Waals surface area contributed by atoms with Gasteiger partial charge in [0, 0.05) is 16.1 Å². The van der Waals surface area contributed by atoms with E-state index in [2.05, 4.69) is 26.2 Å². The van der Waals surface area contributed by atoms with Crippen molar-refractivity contribution < 1.29 is 9.90 Å². The third-order valence-electron chi connectivity index (χ3n) is 3.71. The first-order chi connectivity index (χ1) is 11.1. The molecule has 0 saturated heterocycles. The fourth-order valence-corrected chi connectivity index (χ4v) is 2.69. The average Bonchev–Trinajstić information content (AvgIpc) is 2.56. The lowest BCUT2D eigenvalue weighted by atomic mass is 10.1. The maximum atomic E-state index is 12.5. The molecular formula is C19H19BrN2O2. The molecule has 3 rings (SSSR count). The van der Waals surface area contributed by atoms with E-state index in [-0.39, 0.29) is 30.7 Å². The smallest absolute Gasteiger partial charge is 0.255 e. The van der Waals surface area contributed by atoms with Crippen LogP contribution < -0.4 is 5.32 Å². The van der Waals surface area contributed by atoms with Crippen molar-refractivity contribution in [1.82, 2.24) is 10.3 Å². The molecule has 5 heteroatoms. The summed E-state index contributed by atoms with van der Waals surface area (Å²) in [5.74, 6) is -0.422. The van der Waals surface area contributed by atoms with Gasteiger partial charge in [-0.3, -0.25) is 9.78 Å². The van der Waals surface area contributed by atoms with Crippen molar-refractivity contribution in [1.29, 1.82) is 0 Å². The lowest BCUT2D eigenvalue weighted by Crippen LogP contribution is -2.26. The SMILES string of the molecule is C.C[C@@H](NC(=O)c1ccc2cccnc2c1O)c1ccc(Br)cc1. The van der Waals surface area contributed by atoms with Crippen LogP contribution in [0.4, 0.5) is 0 Å². The number of hydrogen-bond donors (Lipinski definition) is 2. The van der Waals surface area contributed by atoms with Crippen LogP contribution >= 0.6 is 15.9 Å². The zero-order valence-electron chi connectivity index (χ0n) is 12.5. The Kier molecular flexibility index (Phi) is 5.57. The first-order valence-corrected chi connectivity index (χ1v) is 7.98. The Morgan fingerprint density at radius 3 is 2.58 bits per heavy atom. The van der Waals surface area contributed by atoms with Gasteiger partial charge >= 0.3 is 0 Å². The fraction of sp³-hybridized carbons (Fsp3) is 0.158. The second kappa shape index (κ2) is 7.45. The van der Waals surface area contributed by atoms with Crippen LogP contribution in [0.1, 0.15) is 36.3 Å². The summed E-state index contributed by atoms with van der Waals surface area (Å²) < 4.78 is 0.984. The minimum absolute atomic E-state index is 0. The number of nitrogens with one attached hydrogen (secondary N) is 1. The van der Waals surface area contributed by atoms with E-state index < -0.39 is 0 Å². The van der Waals surface area contributed by atoms with Gasteiger partial charge in [0.25, 0.3) is 5.91 Å². The molecule has 1 atom stereocenters. The molecule has 0 aliphatic carbocycles. The molecule has 0 spiro atoms. The summed E-state index contributed by atoms with van der Waals surface area (Å²) in [4.78, 5) is 16.6. The van der Waals surface area contributed by atoms with Crippen LogP contribution in [-0.2, 0) is 0 Å². The summed E-state index contributed by atoms with van der Waals surface area (Å²) in [6.45, 7) is 1.90. The number of phenols is 1. The summed E-state index contributed by atoms with van der Waals surface area (Å²) in [5.41, 5.74) is 1.64. The molecule has 124 valence electrons. The summed E-state index contributed by atoms with van der Waals surface area (Å²) in [5, 5.41) is 14.0. The number of pyridine rings is 1. The number of aromatic hydroxyl groups is 1. The number of nitrogens with zero attached hydrogens (tertiary/aromatic N) is 1. The van der Waals surface area contributed by atoms with Crippen molar-refractivity contribution >= 4 is 32.7 Å². The fourth-order valence-electron chi connectivity index (χ4n) is 2.42. The van der Waals surface area contributed by atoms with Crippen LogP contribution in [-0.4, -0.2) is 16.0 Å². The largest absolute Gasteiger partial charge is 0.505 e. The Labute approximate surface area is 149 Å². The second-order valence-corrected chi connectivity index (χ2v) is 6.20. The van der Waals surface area contributed by atoms with Gasteiger partial charge in [0.05, 0.1) is 11.6 Å². The molecule has 3 aromatic rings. The Hall–Kier alpha value is -2.40. The minimum Gasteiger partial charge on any atom is -0.505 e. The first-order valence-electron chi connectivity index (χ1n) is 7.19. The van der Waals surface area contributed by atoms with Crippen LogP contribution in [0.5, 0.6) is 5.75 Å². The van der Waals surface area contributed by atoms with Gasteiger partial charge < -0.3 is 10.4 Å². The number of benzene rings is 2. The van der Waals surface area contributed by atoms with Crippen molar-refractivity contribution in [3.63, 3.8) is 0 Å². The van der Waals surface area contributed by atoms with E-state index in [9.17, 15) is 9.90 Å². The lowest BCUT2D eigenvalue weighted by molar-refractivity contribution is 0.0937. The van der Waals surface area contributed by atoms with E-state index in [4.69, 9.17) is 0 Å². The number of halogens is 1. The van der Waals surface area contributed by atoms with Gasteiger partial charge in [-0.05, 0) is 36.8 Å². The highest BCUT2D eigenvalue weighted by molar-refractivity contribution is 9.10. The Bertz CT molecular complexity index is 863. The Morgan fingerprint density at radius 1 is 1.17 bits per heavy atom. The highest BCUT2D eigenvalue weighted by atomic mass is 79.9. The average molecular weight is 387 g/mol. The quantitative estimate of drug-likeness (QED) is 0.677.